The molecule has 0 aromatic heterocycles. The van der Waals surface area contributed by atoms with E-state index in [0.29, 0.717) is 32.1 Å². The summed E-state index contributed by atoms with van der Waals surface area (Å²) in [5.41, 5.74) is 34.9. The van der Waals surface area contributed by atoms with Crippen molar-refractivity contribution in [3.63, 3.8) is 0 Å². The van der Waals surface area contributed by atoms with Gasteiger partial charge >= 0.3 is 0 Å². The first-order valence-electron chi connectivity index (χ1n) is 12.5. The van der Waals surface area contributed by atoms with Crippen molar-refractivity contribution < 1.29 is 9.59 Å². The predicted molar refractivity (Wildman–Crippen MR) is 148 cm³/mol. The molecule has 2 atom stereocenters. The third kappa shape index (κ3) is 10.8. The molecular formula is C27H40N8O2. The predicted octanol–water partition coefficient (Wildman–Crippen LogP) is 0.848. The molecule has 2 aromatic rings. The second kappa shape index (κ2) is 14.7. The Morgan fingerprint density at radius 2 is 1.14 bits per heavy atom. The Kier molecular flexibility index (Phi) is 11.7. The third-order valence-corrected chi connectivity index (χ3v) is 6.05. The largest absolute Gasteiger partial charge is 0.370 e. The van der Waals surface area contributed by atoms with E-state index in [1.54, 1.807) is 0 Å². The van der Waals surface area contributed by atoms with Crippen molar-refractivity contribution in [3.05, 3.63) is 71.8 Å². The zero-order valence-corrected chi connectivity index (χ0v) is 21.3. The first-order valence-corrected chi connectivity index (χ1v) is 12.5. The summed E-state index contributed by atoms with van der Waals surface area (Å²) in [7, 11) is 0. The average molecular weight is 509 g/mol. The fourth-order valence-corrected chi connectivity index (χ4v) is 4.13. The zero-order chi connectivity index (χ0) is 27.3. The minimum absolute atomic E-state index is 0.0135. The van der Waals surface area contributed by atoms with Gasteiger partial charge in [-0.25, -0.2) is 9.98 Å². The van der Waals surface area contributed by atoms with Crippen LogP contribution in [0, 0.1) is 0 Å². The number of hydrogen-bond acceptors (Lipinski definition) is 6. The molecule has 12 N–H and O–H groups in total. The summed E-state index contributed by atoms with van der Waals surface area (Å²) < 4.78 is 0. The van der Waals surface area contributed by atoms with Crippen LogP contribution in [0.2, 0.25) is 0 Å². The number of benzene rings is 2. The lowest BCUT2D eigenvalue weighted by molar-refractivity contribution is -0.125. The van der Waals surface area contributed by atoms with Crippen LogP contribution in [0.3, 0.4) is 0 Å². The summed E-state index contributed by atoms with van der Waals surface area (Å²) in [6.07, 6.45) is 4.20. The van der Waals surface area contributed by atoms with Gasteiger partial charge in [-0.05, 0) is 30.4 Å². The Balaban J connectivity index is 1.82. The highest BCUT2D eigenvalue weighted by Gasteiger charge is 2.34. The number of hydrogen-bond donors (Lipinski definition) is 6. The van der Waals surface area contributed by atoms with E-state index in [9.17, 15) is 9.59 Å². The van der Waals surface area contributed by atoms with Crippen LogP contribution in [0.4, 0.5) is 0 Å². The van der Waals surface area contributed by atoms with Gasteiger partial charge in [0.2, 0.25) is 0 Å². The van der Waals surface area contributed by atoms with E-state index >= 15 is 0 Å². The second-order valence-electron chi connectivity index (χ2n) is 9.30. The van der Waals surface area contributed by atoms with E-state index in [1.807, 2.05) is 60.7 Å². The third-order valence-electron chi connectivity index (χ3n) is 6.05. The Labute approximate surface area is 218 Å². The maximum absolute atomic E-state index is 13.1. The van der Waals surface area contributed by atoms with E-state index in [0.717, 1.165) is 24.0 Å². The van der Waals surface area contributed by atoms with Crippen LogP contribution in [0.25, 0.3) is 0 Å². The fraction of sp³-hybridized carbons (Fsp3) is 0.407. The lowest BCUT2D eigenvalue weighted by atomic mass is 9.90. The fourth-order valence-electron chi connectivity index (χ4n) is 4.13. The van der Waals surface area contributed by atoms with Gasteiger partial charge in [-0.2, -0.15) is 0 Å². The topological polar surface area (TPSA) is 215 Å². The van der Waals surface area contributed by atoms with E-state index in [2.05, 4.69) is 9.98 Å². The summed E-state index contributed by atoms with van der Waals surface area (Å²) in [6, 6.07) is 17.5. The number of unbranched alkanes of at least 4 members (excludes halogenated alkanes) is 3. The van der Waals surface area contributed by atoms with Gasteiger partial charge in [0.15, 0.2) is 23.5 Å². The van der Waals surface area contributed by atoms with Crippen molar-refractivity contribution in [2.75, 3.05) is 0 Å². The van der Waals surface area contributed by atoms with Crippen LogP contribution < -0.4 is 34.4 Å². The summed E-state index contributed by atoms with van der Waals surface area (Å²) in [6.45, 7) is 0. The van der Waals surface area contributed by atoms with Gasteiger partial charge in [0.05, 0.1) is 0 Å². The molecule has 10 heteroatoms. The number of Topliss-reactive ketones (excluding diaryl/α,β-unsaturated/α-hetero) is 2. The second-order valence-corrected chi connectivity index (χ2v) is 9.30. The van der Waals surface area contributed by atoms with Crippen molar-refractivity contribution in [1.29, 1.82) is 0 Å². The quantitative estimate of drug-likeness (QED) is 0.0824. The molecule has 0 amide bonds. The molecule has 10 nitrogen and oxygen atoms in total. The molecule has 0 unspecified atom stereocenters. The standard InChI is InChI=1S/C27H40N8O2/c28-25(29)34-21(17-19-11-5-3-6-12-19)23(36)15-9-1-2-10-16-27(32,33)24(37)22(35-26(30)31)18-20-13-7-4-8-14-20/h3-8,11-14,21-22H,1-2,9-10,15-18,32-33H2,(H4,28,29,34)(H4,30,31,35)/t21-,22-/m0/s1. The number of ketones is 2. The molecule has 200 valence electrons. The molecule has 37 heavy (non-hydrogen) atoms. The molecular weight excluding hydrogens is 468 g/mol. The number of nitrogens with two attached hydrogens (primary N) is 6. The molecule has 0 bridgehead atoms. The van der Waals surface area contributed by atoms with Gasteiger partial charge < -0.3 is 34.4 Å². The van der Waals surface area contributed by atoms with E-state index in [4.69, 9.17) is 34.4 Å². The Morgan fingerprint density at radius 1 is 0.676 bits per heavy atom. The van der Waals surface area contributed by atoms with Gasteiger partial charge in [0, 0.05) is 19.3 Å². The first kappa shape index (κ1) is 29.5. The van der Waals surface area contributed by atoms with Crippen molar-refractivity contribution >= 4 is 23.5 Å². The minimum Gasteiger partial charge on any atom is -0.370 e. The van der Waals surface area contributed by atoms with E-state index in [1.165, 1.54) is 0 Å². The SMILES string of the molecule is NC(N)=N[C@@H](Cc1ccccc1)C(=O)CCCCCCC(N)(N)C(=O)[C@H](Cc1ccccc1)N=C(N)N. The van der Waals surface area contributed by atoms with Crippen molar-refractivity contribution in [2.45, 2.75) is 69.1 Å². The van der Waals surface area contributed by atoms with Gasteiger partial charge in [0.1, 0.15) is 17.7 Å². The number of carbonyl (C=O) groups excluding carboxylic acids is 2. The molecule has 0 aliphatic carbocycles. The Morgan fingerprint density at radius 3 is 1.65 bits per heavy atom. The minimum atomic E-state index is -1.57. The van der Waals surface area contributed by atoms with Crippen LogP contribution in [-0.2, 0) is 22.4 Å². The van der Waals surface area contributed by atoms with Gasteiger partial charge in [-0.15, -0.1) is 0 Å². The number of rotatable bonds is 16. The summed E-state index contributed by atoms with van der Waals surface area (Å²) >= 11 is 0. The maximum Gasteiger partial charge on any atom is 0.191 e. The molecule has 0 saturated carbocycles. The van der Waals surface area contributed by atoms with Gasteiger partial charge in [0.25, 0.3) is 0 Å². The molecule has 2 aromatic carbocycles. The van der Waals surface area contributed by atoms with Gasteiger partial charge in [-0.3, -0.25) is 9.59 Å². The highest BCUT2D eigenvalue weighted by Crippen LogP contribution is 2.17. The molecule has 0 saturated heterocycles. The number of nitrogens with zero attached hydrogens (tertiary/aromatic N) is 2. The maximum atomic E-state index is 13.1. The van der Waals surface area contributed by atoms with Crippen molar-refractivity contribution in [3.8, 4) is 0 Å². The highest BCUT2D eigenvalue weighted by atomic mass is 16.1. The van der Waals surface area contributed by atoms with E-state index in [-0.39, 0.29) is 24.1 Å². The first-order chi connectivity index (χ1) is 17.6. The highest BCUT2D eigenvalue weighted by molar-refractivity contribution is 5.94. The Bertz CT molecular complexity index is 1050. The van der Waals surface area contributed by atoms with Crippen LogP contribution in [0.15, 0.2) is 70.6 Å². The number of carbonyl (C=O) groups is 2. The summed E-state index contributed by atoms with van der Waals surface area (Å²) in [5.74, 6) is -0.727. The normalized spacial score (nSPS) is 12.8. The molecule has 0 heterocycles. The lowest BCUT2D eigenvalue weighted by Crippen LogP contribution is -2.60. The lowest BCUT2D eigenvalue weighted by Gasteiger charge is -2.26. The van der Waals surface area contributed by atoms with E-state index < -0.39 is 23.5 Å². The van der Waals surface area contributed by atoms with Crippen molar-refractivity contribution in [1.82, 2.24) is 0 Å². The zero-order valence-electron chi connectivity index (χ0n) is 21.3. The molecule has 0 fully saturated rings. The summed E-state index contributed by atoms with van der Waals surface area (Å²) in [5, 5.41) is 0. The number of guanidine groups is 2. The van der Waals surface area contributed by atoms with Crippen LogP contribution in [-0.4, -0.2) is 41.2 Å². The van der Waals surface area contributed by atoms with Crippen LogP contribution >= 0.6 is 0 Å². The molecule has 0 spiro atoms. The van der Waals surface area contributed by atoms with Crippen LogP contribution in [0.1, 0.15) is 49.7 Å². The molecule has 2 rings (SSSR count). The smallest absolute Gasteiger partial charge is 0.191 e. The molecule has 0 aliphatic rings. The molecule has 0 aliphatic heterocycles. The van der Waals surface area contributed by atoms with Crippen LogP contribution in [0.5, 0.6) is 0 Å². The van der Waals surface area contributed by atoms with Crippen molar-refractivity contribution in [2.24, 2.45) is 44.4 Å². The molecule has 0 radical (unpaired) electrons. The number of aliphatic imine (C=N–C) groups is 2. The van der Waals surface area contributed by atoms with Gasteiger partial charge in [-0.1, -0.05) is 73.5 Å². The average Bonchev–Trinajstić information content (AvgIpc) is 2.85. The monoisotopic (exact) mass is 508 g/mol. The Hall–Kier alpha value is -3.76. The summed E-state index contributed by atoms with van der Waals surface area (Å²) in [4.78, 5) is 34.0.